The summed E-state index contributed by atoms with van der Waals surface area (Å²) < 4.78 is 0. The van der Waals surface area contributed by atoms with Crippen LogP contribution in [0.1, 0.15) is 19.3 Å². The van der Waals surface area contributed by atoms with Gasteiger partial charge in [0, 0.05) is 23.4 Å². The van der Waals surface area contributed by atoms with Gasteiger partial charge < -0.3 is 5.32 Å². The first kappa shape index (κ1) is 14.8. The maximum absolute atomic E-state index is 10.7. The zero-order chi connectivity index (χ0) is 14.0. The molecule has 2 atom stereocenters. The molecule has 104 valence electrons. The Balaban J connectivity index is 2.23. The summed E-state index contributed by atoms with van der Waals surface area (Å²) in [5.41, 5.74) is 0.508. The third-order valence-electron chi connectivity index (χ3n) is 3.32. The van der Waals surface area contributed by atoms with Crippen LogP contribution in [0, 0.1) is 10.1 Å². The predicted molar refractivity (Wildman–Crippen MR) is 81.7 cm³/mol. The number of nitro benzene ring substituents is 1. The fraction of sp³-hybridized carbons (Fsp3) is 0.500. The van der Waals surface area contributed by atoms with E-state index in [2.05, 4.69) is 11.6 Å². The van der Waals surface area contributed by atoms with Gasteiger partial charge in [-0.25, -0.2) is 0 Å². The lowest BCUT2D eigenvalue weighted by Crippen LogP contribution is -2.26. The predicted octanol–water partition coefficient (Wildman–Crippen LogP) is 4.60. The van der Waals surface area contributed by atoms with E-state index in [1.807, 2.05) is 11.8 Å². The highest BCUT2D eigenvalue weighted by Gasteiger charge is 2.28. The van der Waals surface area contributed by atoms with Crippen LogP contribution in [-0.4, -0.2) is 22.5 Å². The van der Waals surface area contributed by atoms with Gasteiger partial charge in [0.2, 0.25) is 0 Å². The lowest BCUT2D eigenvalue weighted by Gasteiger charge is -2.21. The van der Waals surface area contributed by atoms with Crippen LogP contribution in [0.15, 0.2) is 12.1 Å². The number of anilines is 1. The van der Waals surface area contributed by atoms with Crippen molar-refractivity contribution in [2.75, 3.05) is 11.6 Å². The summed E-state index contributed by atoms with van der Waals surface area (Å²) in [5, 5.41) is 15.2. The standard InChI is InChI=1S/C12H14Cl2N2O2S/c1-19-11-4-2-3-10(11)15-12-8(13)5-7(16(17)18)6-9(12)14/h5-6,10-11,15H,2-4H2,1H3. The molecule has 1 saturated carbocycles. The van der Waals surface area contributed by atoms with Gasteiger partial charge in [0.05, 0.1) is 20.7 Å². The van der Waals surface area contributed by atoms with Crippen LogP contribution < -0.4 is 5.32 Å². The molecular formula is C12H14Cl2N2O2S. The third-order valence-corrected chi connectivity index (χ3v) is 5.09. The molecule has 0 aromatic heterocycles. The normalized spacial score (nSPS) is 22.5. The van der Waals surface area contributed by atoms with E-state index >= 15 is 0 Å². The number of hydrogen-bond acceptors (Lipinski definition) is 4. The van der Waals surface area contributed by atoms with Crippen molar-refractivity contribution in [2.45, 2.75) is 30.6 Å². The van der Waals surface area contributed by atoms with E-state index in [0.717, 1.165) is 6.42 Å². The molecule has 2 unspecified atom stereocenters. The molecule has 1 fully saturated rings. The number of halogens is 2. The molecule has 4 nitrogen and oxygen atoms in total. The second-order valence-corrected chi connectivity index (χ2v) is 6.39. The second-order valence-electron chi connectivity index (χ2n) is 4.50. The van der Waals surface area contributed by atoms with Gasteiger partial charge in [0.25, 0.3) is 5.69 Å². The summed E-state index contributed by atoms with van der Waals surface area (Å²) in [5.74, 6) is 0. The Morgan fingerprint density at radius 2 is 2.00 bits per heavy atom. The summed E-state index contributed by atoms with van der Waals surface area (Å²) in [7, 11) is 0. The van der Waals surface area contributed by atoms with E-state index in [1.54, 1.807) is 0 Å². The van der Waals surface area contributed by atoms with Crippen molar-refractivity contribution < 1.29 is 4.92 Å². The molecule has 7 heteroatoms. The summed E-state index contributed by atoms with van der Waals surface area (Å²) in [4.78, 5) is 10.2. The van der Waals surface area contributed by atoms with Crippen molar-refractivity contribution in [3.63, 3.8) is 0 Å². The number of nitro groups is 1. The van der Waals surface area contributed by atoms with Crippen molar-refractivity contribution in [1.29, 1.82) is 0 Å². The number of thioether (sulfide) groups is 1. The van der Waals surface area contributed by atoms with E-state index in [1.165, 1.54) is 25.0 Å². The zero-order valence-corrected chi connectivity index (χ0v) is 12.7. The molecular weight excluding hydrogens is 307 g/mol. The Morgan fingerprint density at radius 3 is 2.53 bits per heavy atom. The van der Waals surface area contributed by atoms with Crippen LogP contribution in [0.3, 0.4) is 0 Å². The van der Waals surface area contributed by atoms with Crippen LogP contribution in [0.4, 0.5) is 11.4 Å². The van der Waals surface area contributed by atoms with Crippen molar-refractivity contribution >= 4 is 46.3 Å². The molecule has 0 heterocycles. The maximum atomic E-state index is 10.7. The minimum absolute atomic E-state index is 0.0895. The average Bonchev–Trinajstić information content (AvgIpc) is 2.80. The Labute approximate surface area is 126 Å². The maximum Gasteiger partial charge on any atom is 0.272 e. The largest absolute Gasteiger partial charge is 0.379 e. The van der Waals surface area contributed by atoms with E-state index in [9.17, 15) is 10.1 Å². The number of nitrogens with zero attached hydrogens (tertiary/aromatic N) is 1. The Hall–Kier alpha value is -0.650. The molecule has 0 aliphatic heterocycles. The van der Waals surface area contributed by atoms with E-state index in [-0.39, 0.29) is 5.69 Å². The van der Waals surface area contributed by atoms with Gasteiger partial charge in [-0.2, -0.15) is 11.8 Å². The van der Waals surface area contributed by atoms with E-state index < -0.39 is 4.92 Å². The zero-order valence-electron chi connectivity index (χ0n) is 10.4. The first-order valence-electron chi connectivity index (χ1n) is 5.95. The van der Waals surface area contributed by atoms with E-state index in [4.69, 9.17) is 23.2 Å². The molecule has 0 spiro atoms. The topological polar surface area (TPSA) is 55.2 Å². The molecule has 1 aromatic rings. The van der Waals surface area contributed by atoms with Gasteiger partial charge in [-0.1, -0.05) is 29.6 Å². The SMILES string of the molecule is CSC1CCCC1Nc1c(Cl)cc([N+](=O)[O-])cc1Cl. The summed E-state index contributed by atoms with van der Waals surface area (Å²) in [6.07, 6.45) is 5.49. The van der Waals surface area contributed by atoms with Gasteiger partial charge in [-0.15, -0.1) is 0 Å². The van der Waals surface area contributed by atoms with Gasteiger partial charge in [-0.05, 0) is 19.1 Å². The lowest BCUT2D eigenvalue weighted by molar-refractivity contribution is -0.384. The highest BCUT2D eigenvalue weighted by molar-refractivity contribution is 7.99. The van der Waals surface area contributed by atoms with Crippen molar-refractivity contribution in [2.24, 2.45) is 0 Å². The van der Waals surface area contributed by atoms with Crippen LogP contribution in [-0.2, 0) is 0 Å². The fourth-order valence-electron chi connectivity index (χ4n) is 2.36. The number of non-ortho nitro benzene ring substituents is 1. The molecule has 19 heavy (non-hydrogen) atoms. The first-order valence-corrected chi connectivity index (χ1v) is 8.00. The van der Waals surface area contributed by atoms with Crippen molar-refractivity contribution in [3.05, 3.63) is 32.3 Å². The summed E-state index contributed by atoms with van der Waals surface area (Å²) >= 11 is 14.0. The minimum Gasteiger partial charge on any atom is -0.379 e. The fourth-order valence-corrected chi connectivity index (χ4v) is 3.88. The van der Waals surface area contributed by atoms with Crippen LogP contribution in [0.5, 0.6) is 0 Å². The minimum atomic E-state index is -0.498. The average molecular weight is 321 g/mol. The summed E-state index contributed by atoms with van der Waals surface area (Å²) in [6, 6.07) is 2.98. The molecule has 1 aliphatic carbocycles. The highest BCUT2D eigenvalue weighted by atomic mass is 35.5. The Morgan fingerprint density at radius 1 is 1.37 bits per heavy atom. The van der Waals surface area contributed by atoms with Gasteiger partial charge >= 0.3 is 0 Å². The Bertz CT molecular complexity index is 476. The monoisotopic (exact) mass is 320 g/mol. The molecule has 0 saturated heterocycles. The number of nitrogens with one attached hydrogen (secondary N) is 1. The summed E-state index contributed by atoms with van der Waals surface area (Å²) in [6.45, 7) is 0. The Kier molecular flexibility index (Phi) is 4.81. The highest BCUT2D eigenvalue weighted by Crippen LogP contribution is 2.38. The second kappa shape index (κ2) is 6.20. The van der Waals surface area contributed by atoms with Crippen LogP contribution in [0.2, 0.25) is 10.0 Å². The quantitative estimate of drug-likeness (QED) is 0.650. The van der Waals surface area contributed by atoms with Crippen molar-refractivity contribution in [1.82, 2.24) is 0 Å². The molecule has 1 aliphatic rings. The number of rotatable bonds is 4. The molecule has 0 bridgehead atoms. The molecule has 2 rings (SSSR count). The van der Waals surface area contributed by atoms with Crippen molar-refractivity contribution in [3.8, 4) is 0 Å². The number of benzene rings is 1. The molecule has 1 aromatic carbocycles. The third kappa shape index (κ3) is 3.27. The smallest absolute Gasteiger partial charge is 0.272 e. The first-order chi connectivity index (χ1) is 9.02. The van der Waals surface area contributed by atoms with Gasteiger partial charge in [0.15, 0.2) is 0 Å². The molecule has 1 N–H and O–H groups in total. The van der Waals surface area contributed by atoms with Gasteiger partial charge in [0.1, 0.15) is 0 Å². The molecule has 0 amide bonds. The van der Waals surface area contributed by atoms with Crippen LogP contribution >= 0.6 is 35.0 Å². The van der Waals surface area contributed by atoms with Gasteiger partial charge in [-0.3, -0.25) is 10.1 Å². The number of hydrogen-bond donors (Lipinski definition) is 1. The lowest BCUT2D eigenvalue weighted by atomic mass is 10.2. The van der Waals surface area contributed by atoms with E-state index in [0.29, 0.717) is 27.0 Å². The molecule has 0 radical (unpaired) electrons. The van der Waals surface area contributed by atoms with Crippen LogP contribution in [0.25, 0.3) is 0 Å².